The van der Waals surface area contributed by atoms with Gasteiger partial charge in [-0.05, 0) is 54.8 Å². The predicted molar refractivity (Wildman–Crippen MR) is 88.5 cm³/mol. The Hall–Kier alpha value is -0.520. The van der Waals surface area contributed by atoms with Crippen molar-refractivity contribution >= 4 is 29.0 Å². The quantitative estimate of drug-likeness (QED) is 0.749. The van der Waals surface area contributed by atoms with Crippen LogP contribution >= 0.6 is 23.1 Å². The van der Waals surface area contributed by atoms with Crippen LogP contribution in [0.5, 0.6) is 0 Å². The van der Waals surface area contributed by atoms with E-state index in [1.807, 2.05) is 28.0 Å². The van der Waals surface area contributed by atoms with Crippen molar-refractivity contribution in [2.24, 2.45) is 0 Å². The number of thiophene rings is 1. The Morgan fingerprint density at radius 2 is 2.35 bits per heavy atom. The van der Waals surface area contributed by atoms with Gasteiger partial charge < -0.3 is 10.2 Å². The van der Waals surface area contributed by atoms with Gasteiger partial charge in [-0.25, -0.2) is 0 Å². The molecule has 1 aliphatic rings. The molecule has 0 fully saturated rings. The second kappa shape index (κ2) is 8.70. The molecule has 2 heterocycles. The molecule has 0 atom stereocenters. The number of hydrogen-bond donors (Lipinski definition) is 1. The third kappa shape index (κ3) is 4.79. The number of unbranched alkanes of at least 4 members (excludes halogenated alkanes) is 2. The lowest BCUT2D eigenvalue weighted by atomic mass is 10.1. The van der Waals surface area contributed by atoms with Crippen LogP contribution in [0.2, 0.25) is 0 Å². The molecule has 0 aliphatic carbocycles. The van der Waals surface area contributed by atoms with Crippen molar-refractivity contribution in [3.8, 4) is 0 Å². The summed E-state index contributed by atoms with van der Waals surface area (Å²) in [6.45, 7) is 3.12. The second-order valence-corrected chi connectivity index (χ2v) is 7.15. The van der Waals surface area contributed by atoms with E-state index < -0.39 is 0 Å². The first-order valence-corrected chi connectivity index (χ1v) is 9.61. The number of hydrogen-bond acceptors (Lipinski definition) is 4. The van der Waals surface area contributed by atoms with Crippen LogP contribution < -0.4 is 5.32 Å². The summed E-state index contributed by atoms with van der Waals surface area (Å²) >= 11 is 3.72. The highest BCUT2D eigenvalue weighted by Crippen LogP contribution is 2.23. The van der Waals surface area contributed by atoms with Gasteiger partial charge in [-0.1, -0.05) is 6.42 Å². The minimum atomic E-state index is 0.242. The average molecular weight is 313 g/mol. The monoisotopic (exact) mass is 312 g/mol. The maximum absolute atomic E-state index is 12.1. The normalized spacial score (nSPS) is 14.3. The summed E-state index contributed by atoms with van der Waals surface area (Å²) in [6, 6.07) is 2.15. The molecule has 2 rings (SSSR count). The summed E-state index contributed by atoms with van der Waals surface area (Å²) in [5, 5.41) is 5.41. The van der Waals surface area contributed by atoms with Crippen LogP contribution in [-0.4, -0.2) is 42.4 Å². The van der Waals surface area contributed by atoms with Gasteiger partial charge in [0.05, 0.1) is 6.54 Å². The minimum Gasteiger partial charge on any atom is -0.337 e. The number of thioether (sulfide) groups is 1. The molecule has 0 radical (unpaired) electrons. The van der Waals surface area contributed by atoms with E-state index in [-0.39, 0.29) is 5.91 Å². The van der Waals surface area contributed by atoms with Crippen molar-refractivity contribution in [3.63, 3.8) is 0 Å². The second-order valence-electron chi connectivity index (χ2n) is 5.16. The summed E-state index contributed by atoms with van der Waals surface area (Å²) < 4.78 is 0. The molecule has 3 nitrogen and oxygen atoms in total. The Labute approximate surface area is 130 Å². The van der Waals surface area contributed by atoms with Gasteiger partial charge in [0.15, 0.2) is 0 Å². The number of nitrogens with one attached hydrogen (secondary N) is 1. The molecule has 0 spiro atoms. The molecule has 20 heavy (non-hydrogen) atoms. The molecule has 1 aromatic heterocycles. The van der Waals surface area contributed by atoms with Gasteiger partial charge in [-0.15, -0.1) is 11.3 Å². The van der Waals surface area contributed by atoms with Crippen molar-refractivity contribution in [2.75, 3.05) is 31.6 Å². The number of rotatable bonds is 8. The standard InChI is InChI=1S/C15H24N2OS2/c1-19-9-4-2-3-7-16-11-15(18)17-8-5-14-13(12-17)6-10-20-14/h6,10,16H,2-5,7-9,11-12H2,1H3. The zero-order valence-electron chi connectivity index (χ0n) is 12.2. The zero-order valence-corrected chi connectivity index (χ0v) is 13.8. The van der Waals surface area contributed by atoms with Crippen LogP contribution in [0.15, 0.2) is 11.4 Å². The van der Waals surface area contributed by atoms with E-state index in [0.29, 0.717) is 6.54 Å². The smallest absolute Gasteiger partial charge is 0.236 e. The van der Waals surface area contributed by atoms with Crippen molar-refractivity contribution < 1.29 is 4.79 Å². The largest absolute Gasteiger partial charge is 0.337 e. The Morgan fingerprint density at radius 3 is 3.20 bits per heavy atom. The molecule has 5 heteroatoms. The lowest BCUT2D eigenvalue weighted by molar-refractivity contribution is -0.131. The van der Waals surface area contributed by atoms with Gasteiger partial charge in [0.25, 0.3) is 0 Å². The number of amides is 1. The summed E-state index contributed by atoms with van der Waals surface area (Å²) in [5.74, 6) is 1.49. The lowest BCUT2D eigenvalue weighted by Gasteiger charge is -2.27. The molecule has 1 aromatic rings. The Kier molecular flexibility index (Phi) is 6.90. The van der Waals surface area contributed by atoms with Gasteiger partial charge in [0.2, 0.25) is 5.91 Å². The summed E-state index contributed by atoms with van der Waals surface area (Å²) in [6.07, 6.45) is 6.87. The molecule has 1 aliphatic heterocycles. The van der Waals surface area contributed by atoms with Gasteiger partial charge in [-0.3, -0.25) is 4.79 Å². The number of carbonyl (C=O) groups excluding carboxylic acids is 1. The van der Waals surface area contributed by atoms with Crippen molar-refractivity contribution in [1.29, 1.82) is 0 Å². The molecule has 0 saturated carbocycles. The summed E-state index contributed by atoms with van der Waals surface area (Å²) in [4.78, 5) is 15.6. The minimum absolute atomic E-state index is 0.242. The molecule has 0 unspecified atom stereocenters. The highest BCUT2D eigenvalue weighted by atomic mass is 32.2. The fraction of sp³-hybridized carbons (Fsp3) is 0.667. The third-order valence-electron chi connectivity index (χ3n) is 3.64. The van der Waals surface area contributed by atoms with E-state index in [4.69, 9.17) is 0 Å². The molecule has 0 saturated heterocycles. The fourth-order valence-electron chi connectivity index (χ4n) is 2.44. The van der Waals surface area contributed by atoms with Crippen LogP contribution in [0.1, 0.15) is 29.7 Å². The van der Waals surface area contributed by atoms with Gasteiger partial charge in [-0.2, -0.15) is 11.8 Å². The maximum Gasteiger partial charge on any atom is 0.236 e. The van der Waals surface area contributed by atoms with E-state index in [1.165, 1.54) is 35.5 Å². The molecule has 1 N–H and O–H groups in total. The predicted octanol–water partition coefficient (Wildman–Crippen LogP) is 2.76. The van der Waals surface area contributed by atoms with E-state index in [2.05, 4.69) is 23.0 Å². The van der Waals surface area contributed by atoms with Crippen molar-refractivity contribution in [1.82, 2.24) is 10.2 Å². The molecule has 0 aromatic carbocycles. The van der Waals surface area contributed by atoms with E-state index >= 15 is 0 Å². The van der Waals surface area contributed by atoms with Gasteiger partial charge in [0.1, 0.15) is 0 Å². The van der Waals surface area contributed by atoms with Crippen LogP contribution in [0.3, 0.4) is 0 Å². The number of fused-ring (bicyclic) bond motifs is 1. The topological polar surface area (TPSA) is 32.3 Å². The average Bonchev–Trinajstić information content (AvgIpc) is 2.93. The molecular formula is C15H24N2OS2. The van der Waals surface area contributed by atoms with Crippen molar-refractivity contribution in [2.45, 2.75) is 32.2 Å². The fourth-order valence-corrected chi connectivity index (χ4v) is 3.82. The first kappa shape index (κ1) is 15.9. The number of nitrogens with zero attached hydrogens (tertiary/aromatic N) is 1. The first-order valence-electron chi connectivity index (χ1n) is 7.34. The summed E-state index contributed by atoms with van der Waals surface area (Å²) in [7, 11) is 0. The van der Waals surface area contributed by atoms with Crippen LogP contribution in [0.4, 0.5) is 0 Å². The van der Waals surface area contributed by atoms with E-state index in [9.17, 15) is 4.79 Å². The lowest BCUT2D eigenvalue weighted by Crippen LogP contribution is -2.41. The van der Waals surface area contributed by atoms with Crippen molar-refractivity contribution in [3.05, 3.63) is 21.9 Å². The van der Waals surface area contributed by atoms with E-state index in [1.54, 1.807) is 0 Å². The van der Waals surface area contributed by atoms with Gasteiger partial charge in [0, 0.05) is 18.0 Å². The number of carbonyl (C=O) groups is 1. The molecule has 112 valence electrons. The maximum atomic E-state index is 12.1. The van der Waals surface area contributed by atoms with E-state index in [0.717, 1.165) is 26.1 Å². The molecular weight excluding hydrogens is 288 g/mol. The highest BCUT2D eigenvalue weighted by molar-refractivity contribution is 7.98. The SMILES string of the molecule is CSCCCCCNCC(=O)N1CCc2sccc2C1. The van der Waals surface area contributed by atoms with Crippen LogP contribution in [0, 0.1) is 0 Å². The first-order chi connectivity index (χ1) is 9.81. The molecule has 1 amide bonds. The Balaban J connectivity index is 1.59. The zero-order chi connectivity index (χ0) is 14.2. The highest BCUT2D eigenvalue weighted by Gasteiger charge is 2.20. The Morgan fingerprint density at radius 1 is 1.45 bits per heavy atom. The third-order valence-corrected chi connectivity index (χ3v) is 5.36. The summed E-state index contributed by atoms with van der Waals surface area (Å²) in [5.41, 5.74) is 1.34. The van der Waals surface area contributed by atoms with Crippen LogP contribution in [-0.2, 0) is 17.8 Å². The Bertz CT molecular complexity index is 420. The van der Waals surface area contributed by atoms with Gasteiger partial charge >= 0.3 is 0 Å². The molecule has 0 bridgehead atoms. The van der Waals surface area contributed by atoms with Crippen LogP contribution in [0.25, 0.3) is 0 Å².